The first-order valence-electron chi connectivity index (χ1n) is 8.32. The maximum Gasteiger partial charge on any atom is 0.00816 e. The van der Waals surface area contributed by atoms with E-state index >= 15 is 0 Å². The molecule has 114 valence electrons. The van der Waals surface area contributed by atoms with Crippen LogP contribution in [0.5, 0.6) is 0 Å². The molecule has 1 saturated heterocycles. The summed E-state index contributed by atoms with van der Waals surface area (Å²) in [5.41, 5.74) is 0.482. The van der Waals surface area contributed by atoms with Crippen molar-refractivity contribution in [2.45, 2.75) is 79.3 Å². The quantitative estimate of drug-likeness (QED) is 0.813. The van der Waals surface area contributed by atoms with Crippen molar-refractivity contribution >= 4 is 0 Å². The standard InChI is InChI=1S/C17H36N2/c1-7-18-14(2)13-15(3)19-11-8-9-16(10-12-19)17(4,5)6/h14-16,18H,7-13H2,1-6H3. The highest BCUT2D eigenvalue weighted by atomic mass is 15.2. The highest BCUT2D eigenvalue weighted by Gasteiger charge is 2.28. The highest BCUT2D eigenvalue weighted by Crippen LogP contribution is 2.34. The lowest BCUT2D eigenvalue weighted by Crippen LogP contribution is -2.39. The molecule has 19 heavy (non-hydrogen) atoms. The first kappa shape index (κ1) is 17.0. The molecule has 0 aromatic rings. The molecule has 3 atom stereocenters. The van der Waals surface area contributed by atoms with E-state index in [2.05, 4.69) is 51.8 Å². The van der Waals surface area contributed by atoms with E-state index in [-0.39, 0.29) is 0 Å². The molecular weight excluding hydrogens is 232 g/mol. The zero-order valence-electron chi connectivity index (χ0n) is 14.1. The second-order valence-corrected chi connectivity index (χ2v) is 7.57. The topological polar surface area (TPSA) is 15.3 Å². The van der Waals surface area contributed by atoms with E-state index in [1.807, 2.05) is 0 Å². The van der Waals surface area contributed by atoms with Gasteiger partial charge in [0.1, 0.15) is 0 Å². The molecule has 1 heterocycles. The molecule has 0 aliphatic carbocycles. The average Bonchev–Trinajstić information content (AvgIpc) is 2.53. The number of rotatable bonds is 5. The van der Waals surface area contributed by atoms with Gasteiger partial charge in [-0.05, 0) is 70.5 Å². The summed E-state index contributed by atoms with van der Waals surface area (Å²) >= 11 is 0. The van der Waals surface area contributed by atoms with Gasteiger partial charge in [0.25, 0.3) is 0 Å². The number of nitrogens with zero attached hydrogens (tertiary/aromatic N) is 1. The van der Waals surface area contributed by atoms with Crippen molar-refractivity contribution in [1.82, 2.24) is 10.2 Å². The maximum absolute atomic E-state index is 3.54. The van der Waals surface area contributed by atoms with Crippen LogP contribution >= 0.6 is 0 Å². The fraction of sp³-hybridized carbons (Fsp3) is 1.00. The number of hydrogen-bond donors (Lipinski definition) is 1. The van der Waals surface area contributed by atoms with Gasteiger partial charge in [-0.15, -0.1) is 0 Å². The zero-order chi connectivity index (χ0) is 14.5. The normalized spacial score (nSPS) is 25.9. The summed E-state index contributed by atoms with van der Waals surface area (Å²) in [5.74, 6) is 0.899. The molecule has 1 aliphatic rings. The summed E-state index contributed by atoms with van der Waals surface area (Å²) in [5, 5.41) is 3.54. The molecule has 0 aromatic heterocycles. The predicted molar refractivity (Wildman–Crippen MR) is 85.6 cm³/mol. The molecule has 2 heteroatoms. The Balaban J connectivity index is 2.43. The smallest absolute Gasteiger partial charge is 0.00816 e. The molecule has 0 saturated carbocycles. The van der Waals surface area contributed by atoms with Crippen molar-refractivity contribution in [3.63, 3.8) is 0 Å². The van der Waals surface area contributed by atoms with Gasteiger partial charge in [-0.2, -0.15) is 0 Å². The Morgan fingerprint density at radius 3 is 2.42 bits per heavy atom. The second kappa shape index (κ2) is 7.64. The van der Waals surface area contributed by atoms with Gasteiger partial charge in [-0.25, -0.2) is 0 Å². The molecule has 1 aliphatic heterocycles. The molecule has 0 bridgehead atoms. The fourth-order valence-electron chi connectivity index (χ4n) is 3.52. The third-order valence-electron chi connectivity index (χ3n) is 4.86. The van der Waals surface area contributed by atoms with Crippen molar-refractivity contribution in [2.75, 3.05) is 19.6 Å². The van der Waals surface area contributed by atoms with Crippen LogP contribution in [0.1, 0.15) is 67.2 Å². The lowest BCUT2D eigenvalue weighted by Gasteiger charge is -2.32. The fourth-order valence-corrected chi connectivity index (χ4v) is 3.52. The minimum absolute atomic E-state index is 0.482. The summed E-state index contributed by atoms with van der Waals surface area (Å²) in [6.07, 6.45) is 5.44. The summed E-state index contributed by atoms with van der Waals surface area (Å²) in [4.78, 5) is 2.72. The third kappa shape index (κ3) is 5.83. The van der Waals surface area contributed by atoms with Gasteiger partial charge in [0.05, 0.1) is 0 Å². The van der Waals surface area contributed by atoms with E-state index in [0.29, 0.717) is 17.5 Å². The van der Waals surface area contributed by atoms with Crippen LogP contribution in [0.4, 0.5) is 0 Å². The minimum Gasteiger partial charge on any atom is -0.314 e. The van der Waals surface area contributed by atoms with Crippen molar-refractivity contribution in [3.8, 4) is 0 Å². The van der Waals surface area contributed by atoms with Gasteiger partial charge in [0.2, 0.25) is 0 Å². The van der Waals surface area contributed by atoms with Crippen LogP contribution in [-0.2, 0) is 0 Å². The van der Waals surface area contributed by atoms with Crippen LogP contribution in [0.2, 0.25) is 0 Å². The Morgan fingerprint density at radius 2 is 1.84 bits per heavy atom. The summed E-state index contributed by atoms with van der Waals surface area (Å²) in [7, 11) is 0. The van der Waals surface area contributed by atoms with Crippen LogP contribution in [-0.4, -0.2) is 36.6 Å². The number of likely N-dealkylation sites (tertiary alicyclic amines) is 1. The van der Waals surface area contributed by atoms with Gasteiger partial charge < -0.3 is 10.2 Å². The Hall–Kier alpha value is -0.0800. The Labute approximate surface area is 121 Å². The molecule has 1 rings (SSSR count). The molecule has 0 aromatic carbocycles. The van der Waals surface area contributed by atoms with Gasteiger partial charge in [-0.3, -0.25) is 0 Å². The van der Waals surface area contributed by atoms with Crippen LogP contribution in [0.25, 0.3) is 0 Å². The second-order valence-electron chi connectivity index (χ2n) is 7.57. The molecule has 0 spiro atoms. The molecule has 2 nitrogen and oxygen atoms in total. The summed E-state index contributed by atoms with van der Waals surface area (Å²) in [6.45, 7) is 17.8. The van der Waals surface area contributed by atoms with Crippen molar-refractivity contribution in [2.24, 2.45) is 11.3 Å². The van der Waals surface area contributed by atoms with E-state index in [1.165, 1.54) is 38.8 Å². The molecule has 3 unspecified atom stereocenters. The van der Waals surface area contributed by atoms with E-state index < -0.39 is 0 Å². The lowest BCUT2D eigenvalue weighted by molar-refractivity contribution is 0.177. The van der Waals surface area contributed by atoms with E-state index in [1.54, 1.807) is 0 Å². The number of nitrogens with one attached hydrogen (secondary N) is 1. The Bertz CT molecular complexity index is 244. The molecular formula is C17H36N2. The molecule has 1 fully saturated rings. The average molecular weight is 268 g/mol. The van der Waals surface area contributed by atoms with E-state index in [4.69, 9.17) is 0 Å². The van der Waals surface area contributed by atoms with Crippen molar-refractivity contribution in [3.05, 3.63) is 0 Å². The summed E-state index contributed by atoms with van der Waals surface area (Å²) in [6, 6.07) is 1.36. The van der Waals surface area contributed by atoms with E-state index in [9.17, 15) is 0 Å². The van der Waals surface area contributed by atoms with Crippen LogP contribution in [0, 0.1) is 11.3 Å². The van der Waals surface area contributed by atoms with Gasteiger partial charge in [0, 0.05) is 12.1 Å². The molecule has 1 N–H and O–H groups in total. The maximum atomic E-state index is 3.54. The largest absolute Gasteiger partial charge is 0.314 e. The van der Waals surface area contributed by atoms with Gasteiger partial charge in [-0.1, -0.05) is 27.7 Å². The van der Waals surface area contributed by atoms with E-state index in [0.717, 1.165) is 12.5 Å². The highest BCUT2D eigenvalue weighted by molar-refractivity contribution is 4.81. The van der Waals surface area contributed by atoms with Crippen LogP contribution in [0.3, 0.4) is 0 Å². The Morgan fingerprint density at radius 1 is 1.16 bits per heavy atom. The number of hydrogen-bond acceptors (Lipinski definition) is 2. The van der Waals surface area contributed by atoms with Crippen LogP contribution in [0.15, 0.2) is 0 Å². The monoisotopic (exact) mass is 268 g/mol. The predicted octanol–water partition coefficient (Wildman–Crippen LogP) is 3.91. The third-order valence-corrected chi connectivity index (χ3v) is 4.86. The zero-order valence-corrected chi connectivity index (χ0v) is 14.1. The first-order chi connectivity index (χ1) is 8.84. The first-order valence-corrected chi connectivity index (χ1v) is 8.32. The van der Waals surface area contributed by atoms with Crippen LogP contribution < -0.4 is 5.32 Å². The molecule has 0 amide bonds. The van der Waals surface area contributed by atoms with Crippen molar-refractivity contribution < 1.29 is 0 Å². The summed E-state index contributed by atoms with van der Waals surface area (Å²) < 4.78 is 0. The Kier molecular flexibility index (Phi) is 6.82. The van der Waals surface area contributed by atoms with Gasteiger partial charge >= 0.3 is 0 Å². The lowest BCUT2D eigenvalue weighted by atomic mass is 9.77. The minimum atomic E-state index is 0.482. The van der Waals surface area contributed by atoms with Gasteiger partial charge in [0.15, 0.2) is 0 Å². The SMILES string of the molecule is CCNC(C)CC(C)N1CCCC(C(C)(C)C)CC1. The molecule has 0 radical (unpaired) electrons. The van der Waals surface area contributed by atoms with Crippen molar-refractivity contribution in [1.29, 1.82) is 0 Å².